The lowest BCUT2D eigenvalue weighted by Gasteiger charge is -2.41. The highest BCUT2D eigenvalue weighted by Crippen LogP contribution is 2.43. The number of thioether (sulfide) groups is 1. The molecule has 44 heavy (non-hydrogen) atoms. The third-order valence-electron chi connectivity index (χ3n) is 7.72. The van der Waals surface area contributed by atoms with Gasteiger partial charge in [-0.1, -0.05) is 91.5 Å². The maximum absolute atomic E-state index is 12.1. The van der Waals surface area contributed by atoms with E-state index in [1.54, 1.807) is 18.1 Å². The van der Waals surface area contributed by atoms with Gasteiger partial charge in [-0.05, 0) is 27.8 Å². The van der Waals surface area contributed by atoms with Gasteiger partial charge in [0.2, 0.25) is 5.91 Å². The van der Waals surface area contributed by atoms with Crippen molar-refractivity contribution in [2.24, 2.45) is 13.0 Å². The Bertz CT molecular complexity index is 1560. The molecule has 0 saturated carbocycles. The van der Waals surface area contributed by atoms with Crippen molar-refractivity contribution in [2.45, 2.75) is 56.6 Å². The number of rotatable bonds is 12. The van der Waals surface area contributed by atoms with E-state index in [9.17, 15) is 14.7 Å². The number of ether oxygens (including phenoxy) is 2. The minimum atomic E-state index is -0.998. The summed E-state index contributed by atoms with van der Waals surface area (Å²) in [4.78, 5) is 22.9. The summed E-state index contributed by atoms with van der Waals surface area (Å²) in [6, 6.07) is 23.7. The van der Waals surface area contributed by atoms with Crippen LogP contribution < -0.4 is 5.32 Å². The van der Waals surface area contributed by atoms with Gasteiger partial charge in [0.05, 0.1) is 25.2 Å². The minimum absolute atomic E-state index is 0.0172. The lowest BCUT2D eigenvalue weighted by Crippen LogP contribution is -2.38. The summed E-state index contributed by atoms with van der Waals surface area (Å²) in [5.41, 5.74) is 5.61. The number of carboxylic acids is 1. The standard InChI is InChI=1S/C33H36N4O6S/c1-21-28(19-44-33-36-35-20-37(33)2)42-32(43-31(21)24-9-7-22(18-38)8-10-24)25-13-11-23(12-14-25)27-6-4-3-5-26(27)17-34-29(39)15-16-30(40)41/h3-14,20-21,28,31-32,38H,15-19H2,1-2H3,(H,34,39)(H,40,41)/t21-,28+,31+,32+/m1/s1. The normalized spacial score (nSPS) is 19.9. The molecular weight excluding hydrogens is 580 g/mol. The van der Waals surface area contributed by atoms with Gasteiger partial charge in [0.25, 0.3) is 0 Å². The summed E-state index contributed by atoms with van der Waals surface area (Å²) in [5, 5.41) is 30.2. The topological polar surface area (TPSA) is 136 Å². The first-order valence-corrected chi connectivity index (χ1v) is 15.4. The zero-order valence-corrected chi connectivity index (χ0v) is 25.4. The summed E-state index contributed by atoms with van der Waals surface area (Å²) in [6.07, 6.45) is 0.458. The van der Waals surface area contributed by atoms with Crippen LogP contribution in [-0.2, 0) is 39.3 Å². The van der Waals surface area contributed by atoms with Crippen LogP contribution in [0.25, 0.3) is 11.1 Å². The van der Waals surface area contributed by atoms with E-state index >= 15 is 0 Å². The Morgan fingerprint density at radius 2 is 1.70 bits per heavy atom. The molecule has 1 amide bonds. The molecule has 11 heteroatoms. The van der Waals surface area contributed by atoms with E-state index in [1.807, 2.05) is 84.4 Å². The third kappa shape index (κ3) is 7.72. The van der Waals surface area contributed by atoms with Crippen LogP contribution in [0.2, 0.25) is 0 Å². The Morgan fingerprint density at radius 3 is 2.39 bits per heavy atom. The molecule has 10 nitrogen and oxygen atoms in total. The van der Waals surface area contributed by atoms with Gasteiger partial charge in [-0.2, -0.15) is 0 Å². The van der Waals surface area contributed by atoms with Crippen molar-refractivity contribution in [1.29, 1.82) is 0 Å². The van der Waals surface area contributed by atoms with Crippen molar-refractivity contribution in [3.63, 3.8) is 0 Å². The molecule has 2 heterocycles. The average molecular weight is 617 g/mol. The summed E-state index contributed by atoms with van der Waals surface area (Å²) < 4.78 is 15.0. The lowest BCUT2D eigenvalue weighted by atomic mass is 9.91. The number of carbonyl (C=O) groups is 2. The van der Waals surface area contributed by atoms with E-state index in [0.29, 0.717) is 12.3 Å². The van der Waals surface area contributed by atoms with E-state index in [-0.39, 0.29) is 43.5 Å². The Morgan fingerprint density at radius 1 is 0.977 bits per heavy atom. The molecule has 0 spiro atoms. The van der Waals surface area contributed by atoms with Crippen LogP contribution in [0.5, 0.6) is 0 Å². The molecule has 1 saturated heterocycles. The number of benzene rings is 3. The molecule has 1 aliphatic rings. The Kier molecular flexibility index (Phi) is 10.4. The van der Waals surface area contributed by atoms with Crippen LogP contribution in [-0.4, -0.2) is 48.7 Å². The van der Waals surface area contributed by atoms with Gasteiger partial charge in [0, 0.05) is 37.2 Å². The van der Waals surface area contributed by atoms with Gasteiger partial charge < -0.3 is 29.6 Å². The third-order valence-corrected chi connectivity index (χ3v) is 8.85. The van der Waals surface area contributed by atoms with E-state index in [4.69, 9.17) is 14.6 Å². The number of aromatic nitrogens is 3. The van der Waals surface area contributed by atoms with Crippen molar-refractivity contribution < 1.29 is 29.3 Å². The fourth-order valence-electron chi connectivity index (χ4n) is 5.15. The number of hydrogen-bond donors (Lipinski definition) is 3. The van der Waals surface area contributed by atoms with Crippen LogP contribution in [0.4, 0.5) is 0 Å². The highest BCUT2D eigenvalue weighted by Gasteiger charge is 2.38. The molecule has 1 aromatic heterocycles. The largest absolute Gasteiger partial charge is 0.481 e. The molecule has 0 aliphatic carbocycles. The van der Waals surface area contributed by atoms with Crippen LogP contribution in [0.15, 0.2) is 84.3 Å². The van der Waals surface area contributed by atoms with Crippen molar-refractivity contribution in [2.75, 3.05) is 5.75 Å². The fraction of sp³-hybridized carbons (Fsp3) is 0.333. The number of carboxylic acid groups (broad SMARTS) is 1. The van der Waals surface area contributed by atoms with Gasteiger partial charge >= 0.3 is 5.97 Å². The SMILES string of the molecule is C[C@@H]1[C@H](CSc2nncn2C)O[C@H](c2ccc(-c3ccccc3CNC(=O)CCC(=O)O)cc2)O[C@@H]1c1ccc(CO)cc1. The van der Waals surface area contributed by atoms with Gasteiger partial charge in [0.15, 0.2) is 11.4 Å². The number of nitrogens with zero attached hydrogens (tertiary/aromatic N) is 3. The Hall–Kier alpha value is -4.03. The lowest BCUT2D eigenvalue weighted by molar-refractivity contribution is -0.268. The second-order valence-corrected chi connectivity index (χ2v) is 11.8. The second kappa shape index (κ2) is 14.6. The monoisotopic (exact) mass is 616 g/mol. The van der Waals surface area contributed by atoms with Crippen LogP contribution >= 0.6 is 11.8 Å². The van der Waals surface area contributed by atoms with Crippen molar-refractivity contribution >= 4 is 23.6 Å². The quantitative estimate of drug-likeness (QED) is 0.187. The summed E-state index contributed by atoms with van der Waals surface area (Å²) in [5.74, 6) is -0.584. The first kappa shape index (κ1) is 31.4. The molecule has 5 rings (SSSR count). The van der Waals surface area contributed by atoms with Gasteiger partial charge in [0.1, 0.15) is 6.33 Å². The maximum atomic E-state index is 12.1. The number of aliphatic hydroxyl groups is 1. The Balaban J connectivity index is 1.34. The molecule has 4 aromatic rings. The van der Waals surface area contributed by atoms with Crippen LogP contribution in [0.3, 0.4) is 0 Å². The van der Waals surface area contributed by atoms with Crippen molar-refractivity contribution in [3.8, 4) is 11.1 Å². The van der Waals surface area contributed by atoms with E-state index in [0.717, 1.165) is 38.5 Å². The van der Waals surface area contributed by atoms with Crippen LogP contribution in [0.1, 0.15) is 54.4 Å². The first-order chi connectivity index (χ1) is 21.3. The molecular formula is C33H36N4O6S. The number of amides is 1. The molecule has 230 valence electrons. The number of hydrogen-bond acceptors (Lipinski definition) is 8. The van der Waals surface area contributed by atoms with E-state index < -0.39 is 12.3 Å². The first-order valence-electron chi connectivity index (χ1n) is 14.5. The summed E-state index contributed by atoms with van der Waals surface area (Å²) >= 11 is 1.59. The van der Waals surface area contributed by atoms with Gasteiger partial charge in [-0.15, -0.1) is 10.2 Å². The average Bonchev–Trinajstić information content (AvgIpc) is 3.46. The second-order valence-electron chi connectivity index (χ2n) is 10.8. The molecule has 0 radical (unpaired) electrons. The molecule has 4 atom stereocenters. The fourth-order valence-corrected chi connectivity index (χ4v) is 6.20. The molecule has 3 N–H and O–H groups in total. The molecule has 1 aliphatic heterocycles. The van der Waals surface area contributed by atoms with Gasteiger partial charge in [-0.3, -0.25) is 9.59 Å². The van der Waals surface area contributed by atoms with Crippen LogP contribution in [0, 0.1) is 5.92 Å². The molecule has 0 bridgehead atoms. The predicted molar refractivity (Wildman–Crippen MR) is 165 cm³/mol. The predicted octanol–water partition coefficient (Wildman–Crippen LogP) is 5.04. The minimum Gasteiger partial charge on any atom is -0.481 e. The number of aliphatic carboxylic acids is 1. The molecule has 1 fully saturated rings. The van der Waals surface area contributed by atoms with E-state index in [2.05, 4.69) is 22.4 Å². The maximum Gasteiger partial charge on any atom is 0.303 e. The highest BCUT2D eigenvalue weighted by atomic mass is 32.2. The molecule has 0 unspecified atom stereocenters. The number of aryl methyl sites for hydroxylation is 1. The van der Waals surface area contributed by atoms with E-state index in [1.165, 1.54) is 0 Å². The number of nitrogens with one attached hydrogen (secondary N) is 1. The zero-order chi connectivity index (χ0) is 31.1. The zero-order valence-electron chi connectivity index (χ0n) is 24.6. The summed E-state index contributed by atoms with van der Waals surface area (Å²) in [6.45, 7) is 2.41. The van der Waals surface area contributed by atoms with Crippen molar-refractivity contribution in [3.05, 3.63) is 101 Å². The molecule has 3 aromatic carbocycles. The van der Waals surface area contributed by atoms with Crippen molar-refractivity contribution in [1.82, 2.24) is 20.1 Å². The summed E-state index contributed by atoms with van der Waals surface area (Å²) in [7, 11) is 1.91. The van der Waals surface area contributed by atoms with Gasteiger partial charge in [-0.25, -0.2) is 0 Å². The smallest absolute Gasteiger partial charge is 0.303 e. The highest BCUT2D eigenvalue weighted by molar-refractivity contribution is 7.99. The number of carbonyl (C=O) groups excluding carboxylic acids is 1. The Labute approximate surface area is 260 Å². The number of aliphatic hydroxyl groups excluding tert-OH is 1.